The first-order valence-corrected chi connectivity index (χ1v) is 2.30. The third-order valence-electron chi connectivity index (χ3n) is 0.685. The normalized spacial score (nSPS) is 9.09. The molecule has 11 heavy (non-hydrogen) atoms. The Bertz CT molecular complexity index is 266. The summed E-state index contributed by atoms with van der Waals surface area (Å²) in [4.78, 5) is 23.5. The van der Waals surface area contributed by atoms with Crippen LogP contribution in [-0.4, -0.2) is 31.7 Å². The molecule has 1 aromatic rings. The van der Waals surface area contributed by atoms with Gasteiger partial charge in [-0.15, -0.1) is 20.3 Å². The fourth-order valence-electron chi connectivity index (χ4n) is 0.357. The highest BCUT2D eigenvalue weighted by Gasteiger charge is 2.14. The Kier molecular flexibility index (Phi) is 1.72. The van der Waals surface area contributed by atoms with Crippen molar-refractivity contribution in [2.75, 3.05) is 0 Å². The topological polar surface area (TPSA) is 124 Å². The van der Waals surface area contributed by atoms with Crippen molar-refractivity contribution in [1.29, 1.82) is 0 Å². The van der Waals surface area contributed by atoms with Gasteiger partial charge in [0.05, 0.1) is 0 Å². The average Bonchev–Trinajstić information content (AvgIpc) is 2.35. The second-order valence-electron chi connectivity index (χ2n) is 1.34. The summed E-state index contributed by atoms with van der Waals surface area (Å²) in [5.74, 6) is -1.74. The van der Waals surface area contributed by atoms with Gasteiger partial charge < -0.3 is 0 Å². The van der Waals surface area contributed by atoms with Gasteiger partial charge >= 0.3 is 11.1 Å². The summed E-state index contributed by atoms with van der Waals surface area (Å²) in [5, 5.41) is 19.5. The molecule has 1 rings (SSSR count). The first-order chi connectivity index (χ1) is 5.20. The third-order valence-corrected chi connectivity index (χ3v) is 0.685. The molecule has 0 aliphatic heterocycles. The second kappa shape index (κ2) is 2.68. The number of rotatable bonds is 2. The second-order valence-corrected chi connectivity index (χ2v) is 1.34. The maximum Gasteiger partial charge on any atom is 0.375 e. The van der Waals surface area contributed by atoms with Crippen LogP contribution in [0, 0.1) is 10.1 Å². The molecule has 0 unspecified atom stereocenters. The van der Waals surface area contributed by atoms with Crippen LogP contribution in [0.4, 0.5) is 0 Å². The molecule has 0 spiro atoms. The predicted octanol–water partition coefficient (Wildman–Crippen LogP) is -1.45. The van der Waals surface area contributed by atoms with Crippen LogP contribution >= 0.6 is 0 Å². The minimum absolute atomic E-state index is 0.485. The molecule has 0 amide bonds. The van der Waals surface area contributed by atoms with E-state index in [1.54, 1.807) is 0 Å². The van der Waals surface area contributed by atoms with Gasteiger partial charge in [0.15, 0.2) is 0 Å². The number of aromatic nitrogens is 4. The Morgan fingerprint density at radius 2 is 2.45 bits per heavy atom. The van der Waals surface area contributed by atoms with Crippen LogP contribution in [0.25, 0.3) is 0 Å². The van der Waals surface area contributed by atoms with E-state index in [0.29, 0.717) is 0 Å². The zero-order valence-corrected chi connectivity index (χ0v) is 4.92. The van der Waals surface area contributed by atoms with E-state index in [4.69, 9.17) is 0 Å². The van der Waals surface area contributed by atoms with E-state index in [-0.39, 0.29) is 0 Å². The molecule has 0 saturated carbocycles. The van der Waals surface area contributed by atoms with Crippen LogP contribution in [0.1, 0.15) is 10.6 Å². The Labute approximate surface area is 58.5 Å². The lowest BCUT2D eigenvalue weighted by Crippen LogP contribution is -2.12. The van der Waals surface area contributed by atoms with Gasteiger partial charge in [0.2, 0.25) is 0 Å². The van der Waals surface area contributed by atoms with Gasteiger partial charge in [-0.1, -0.05) is 0 Å². The molecule has 0 atom stereocenters. The summed E-state index contributed by atoms with van der Waals surface area (Å²) >= 11 is 0. The largest absolute Gasteiger partial charge is 0.375 e. The lowest BCUT2D eigenvalue weighted by atomic mass is 10.7. The number of nitrogens with zero attached hydrogens (tertiary/aromatic N) is 4. The van der Waals surface area contributed by atoms with E-state index < -0.39 is 16.9 Å². The predicted molar refractivity (Wildman–Crippen MR) is 26.6 cm³/mol. The van der Waals surface area contributed by atoms with Crippen molar-refractivity contribution in [3.63, 3.8) is 0 Å². The summed E-state index contributed by atoms with van der Waals surface area (Å²) in [5.41, 5.74) is 0. The highest BCUT2D eigenvalue weighted by Crippen LogP contribution is 1.88. The van der Waals surface area contributed by atoms with Crippen molar-refractivity contribution >= 4 is 5.97 Å². The Hall–Kier alpha value is -2.06. The SMILES string of the molecule is O=C(O[N+](=O)[O-])c1nn[nH]n1. The smallest absolute Gasteiger partial charge is 0.259 e. The van der Waals surface area contributed by atoms with E-state index in [1.165, 1.54) is 0 Å². The van der Waals surface area contributed by atoms with Crippen LogP contribution in [0.5, 0.6) is 0 Å². The van der Waals surface area contributed by atoms with Crippen molar-refractivity contribution in [1.82, 2.24) is 20.6 Å². The lowest BCUT2D eigenvalue weighted by Gasteiger charge is -1.87. The fraction of sp³-hybridized carbons (Fsp3) is 0. The Balaban J connectivity index is 2.64. The van der Waals surface area contributed by atoms with E-state index >= 15 is 0 Å². The van der Waals surface area contributed by atoms with Crippen molar-refractivity contribution in [2.45, 2.75) is 0 Å². The summed E-state index contributed by atoms with van der Waals surface area (Å²) in [7, 11) is 0. The van der Waals surface area contributed by atoms with Gasteiger partial charge in [0, 0.05) is 0 Å². The molecule has 1 heterocycles. The summed E-state index contributed by atoms with van der Waals surface area (Å²) in [6.45, 7) is 0. The van der Waals surface area contributed by atoms with Gasteiger partial charge in [-0.3, -0.25) is 4.79 Å². The highest BCUT2D eigenvalue weighted by molar-refractivity contribution is 5.83. The first kappa shape index (κ1) is 7.05. The number of aromatic amines is 1. The monoisotopic (exact) mass is 159 g/mol. The van der Waals surface area contributed by atoms with Crippen LogP contribution in [0.15, 0.2) is 0 Å². The molecule has 1 aromatic heterocycles. The van der Waals surface area contributed by atoms with E-state index in [9.17, 15) is 14.9 Å². The molecule has 9 nitrogen and oxygen atoms in total. The molecule has 1 N–H and O–H groups in total. The molecular formula is C2HN5O4. The Morgan fingerprint density at radius 1 is 1.73 bits per heavy atom. The van der Waals surface area contributed by atoms with Crippen molar-refractivity contribution in [3.8, 4) is 0 Å². The molecule has 0 aromatic carbocycles. The number of hydrogen-bond acceptors (Lipinski definition) is 7. The molecule has 9 heteroatoms. The quantitative estimate of drug-likeness (QED) is 0.413. The molecule has 58 valence electrons. The fourth-order valence-corrected chi connectivity index (χ4v) is 0.357. The zero-order chi connectivity index (χ0) is 8.27. The van der Waals surface area contributed by atoms with Crippen LogP contribution in [0.3, 0.4) is 0 Å². The van der Waals surface area contributed by atoms with Crippen molar-refractivity contribution in [2.24, 2.45) is 0 Å². The zero-order valence-electron chi connectivity index (χ0n) is 4.92. The van der Waals surface area contributed by atoms with Gasteiger partial charge in [-0.2, -0.15) is 5.21 Å². The summed E-state index contributed by atoms with van der Waals surface area (Å²) in [6, 6.07) is 0. The minimum atomic E-state index is -1.26. The minimum Gasteiger partial charge on any atom is -0.259 e. The molecule has 0 aliphatic carbocycles. The first-order valence-electron chi connectivity index (χ1n) is 2.30. The maximum atomic E-state index is 10.5. The molecule has 0 saturated heterocycles. The van der Waals surface area contributed by atoms with Gasteiger partial charge in [0.25, 0.3) is 5.82 Å². The van der Waals surface area contributed by atoms with Crippen molar-refractivity contribution in [3.05, 3.63) is 15.9 Å². The van der Waals surface area contributed by atoms with Crippen LogP contribution in [0.2, 0.25) is 0 Å². The number of carbonyl (C=O) groups is 1. The number of nitrogens with one attached hydrogen (secondary N) is 1. The number of H-pyrrole nitrogens is 1. The van der Waals surface area contributed by atoms with E-state index in [1.807, 2.05) is 5.21 Å². The molecule has 0 bridgehead atoms. The summed E-state index contributed by atoms with van der Waals surface area (Å²) in [6.07, 6.45) is 0. The summed E-state index contributed by atoms with van der Waals surface area (Å²) < 4.78 is 0. The van der Waals surface area contributed by atoms with Gasteiger partial charge in [-0.05, 0) is 5.21 Å². The average molecular weight is 159 g/mol. The van der Waals surface area contributed by atoms with Gasteiger partial charge in [0.1, 0.15) is 0 Å². The van der Waals surface area contributed by atoms with Crippen LogP contribution in [-0.2, 0) is 4.84 Å². The van der Waals surface area contributed by atoms with E-state index in [2.05, 4.69) is 20.2 Å². The van der Waals surface area contributed by atoms with Gasteiger partial charge in [-0.25, -0.2) is 4.84 Å². The maximum absolute atomic E-state index is 10.5. The number of tetrazole rings is 1. The molecular weight excluding hydrogens is 158 g/mol. The molecule has 0 radical (unpaired) electrons. The third kappa shape index (κ3) is 1.67. The molecule has 0 aliphatic rings. The van der Waals surface area contributed by atoms with Crippen LogP contribution < -0.4 is 0 Å². The van der Waals surface area contributed by atoms with Crippen molar-refractivity contribution < 1.29 is 14.7 Å². The number of hydrogen-bond donors (Lipinski definition) is 1. The Morgan fingerprint density at radius 3 is 2.91 bits per heavy atom. The highest BCUT2D eigenvalue weighted by atomic mass is 17.0. The standard InChI is InChI=1S/C2HN5O4/c8-2(11-7(9)10)1-3-5-6-4-1/h(H,3,4,5,6). The molecule has 0 fully saturated rings. The van der Waals surface area contributed by atoms with E-state index in [0.717, 1.165) is 0 Å². The number of carbonyl (C=O) groups excluding carboxylic acids is 1. The lowest BCUT2D eigenvalue weighted by molar-refractivity contribution is -0.727.